The molecule has 1 aromatic rings. The summed E-state index contributed by atoms with van der Waals surface area (Å²) in [6, 6.07) is 3.98. The molecule has 1 aliphatic rings. The predicted octanol–water partition coefficient (Wildman–Crippen LogP) is 1.77. The third kappa shape index (κ3) is 1.37. The second-order valence-corrected chi connectivity index (χ2v) is 4.08. The summed E-state index contributed by atoms with van der Waals surface area (Å²) in [7, 11) is 0. The lowest BCUT2D eigenvalue weighted by Crippen LogP contribution is -2.07. The van der Waals surface area contributed by atoms with E-state index in [4.69, 9.17) is 0 Å². The van der Waals surface area contributed by atoms with Crippen LogP contribution in [0.3, 0.4) is 0 Å². The molecule has 1 aliphatic heterocycles. The number of rotatable bonds is 2. The van der Waals surface area contributed by atoms with Gasteiger partial charge in [-0.2, -0.15) is 0 Å². The number of hydrogen-bond acceptors (Lipinski definition) is 2. The van der Waals surface area contributed by atoms with Crippen molar-refractivity contribution in [2.75, 3.05) is 13.1 Å². The van der Waals surface area contributed by atoms with Gasteiger partial charge in [0.05, 0.1) is 4.88 Å². The zero-order chi connectivity index (χ0) is 8.55. The highest BCUT2D eigenvalue weighted by Crippen LogP contribution is 2.21. The molecule has 0 aliphatic carbocycles. The van der Waals surface area contributed by atoms with Crippen LogP contribution in [0, 0.1) is 0 Å². The summed E-state index contributed by atoms with van der Waals surface area (Å²) in [4.78, 5) is 15.5. The van der Waals surface area contributed by atoms with Crippen LogP contribution < -0.4 is 0 Å². The zero-order valence-electron chi connectivity index (χ0n) is 7.04. The first-order valence-corrected chi connectivity index (χ1v) is 5.01. The number of amides is 1. The topological polar surface area (TPSA) is 20.1 Å². The Hall–Kier alpha value is -0.830. The second-order valence-electron chi connectivity index (χ2n) is 2.91. The summed E-state index contributed by atoms with van der Waals surface area (Å²) in [5.41, 5.74) is 0. The average molecular weight is 181 g/mol. The summed E-state index contributed by atoms with van der Waals surface area (Å²) < 4.78 is 0. The Morgan fingerprint density at radius 3 is 2.83 bits per heavy atom. The normalized spacial score (nSPS) is 14.9. The Balaban J connectivity index is 2.16. The number of carbonyl (C=O) groups is 1. The molecule has 0 radical (unpaired) electrons. The third-order valence-corrected chi connectivity index (χ3v) is 3.17. The van der Waals surface area contributed by atoms with Crippen molar-refractivity contribution >= 4 is 17.2 Å². The van der Waals surface area contributed by atoms with Crippen molar-refractivity contribution in [2.45, 2.75) is 13.3 Å². The standard InChI is InChI=1S/C9H11NOS/c1-2-7-3-4-8(12-7)9(11)10-5-6-10/h3-4H,2,5-6H2,1H3. The number of nitrogens with zero attached hydrogens (tertiary/aromatic N) is 1. The van der Waals surface area contributed by atoms with E-state index in [1.165, 1.54) is 4.88 Å². The van der Waals surface area contributed by atoms with E-state index < -0.39 is 0 Å². The number of aryl methyl sites for hydroxylation is 1. The van der Waals surface area contributed by atoms with Crippen LogP contribution in [0.25, 0.3) is 0 Å². The van der Waals surface area contributed by atoms with Gasteiger partial charge < -0.3 is 4.90 Å². The van der Waals surface area contributed by atoms with Crippen molar-refractivity contribution in [1.29, 1.82) is 0 Å². The lowest BCUT2D eigenvalue weighted by atomic mass is 10.3. The van der Waals surface area contributed by atoms with Crippen LogP contribution in [0.4, 0.5) is 0 Å². The van der Waals surface area contributed by atoms with Crippen LogP contribution in [-0.4, -0.2) is 23.9 Å². The summed E-state index contributed by atoms with van der Waals surface area (Å²) in [6.07, 6.45) is 1.03. The van der Waals surface area contributed by atoms with Gasteiger partial charge in [0.25, 0.3) is 5.91 Å². The molecule has 0 aromatic carbocycles. The lowest BCUT2D eigenvalue weighted by molar-refractivity contribution is 0.0890. The van der Waals surface area contributed by atoms with Gasteiger partial charge in [-0.3, -0.25) is 4.79 Å². The smallest absolute Gasteiger partial charge is 0.264 e. The van der Waals surface area contributed by atoms with E-state index in [1.807, 2.05) is 17.0 Å². The first kappa shape index (κ1) is 7.80. The highest BCUT2D eigenvalue weighted by atomic mass is 32.1. The van der Waals surface area contributed by atoms with Crippen LogP contribution >= 0.6 is 11.3 Å². The van der Waals surface area contributed by atoms with Crippen molar-refractivity contribution < 1.29 is 4.79 Å². The van der Waals surface area contributed by atoms with Gasteiger partial charge in [-0.05, 0) is 18.6 Å². The third-order valence-electron chi connectivity index (χ3n) is 1.96. The Bertz CT molecular complexity index is 301. The van der Waals surface area contributed by atoms with Gasteiger partial charge in [0.2, 0.25) is 0 Å². The summed E-state index contributed by atoms with van der Waals surface area (Å²) in [5.74, 6) is 0.208. The highest BCUT2D eigenvalue weighted by Gasteiger charge is 2.25. The van der Waals surface area contributed by atoms with Gasteiger partial charge >= 0.3 is 0 Å². The SMILES string of the molecule is CCc1ccc(C(=O)N2CC2)s1. The molecule has 0 bridgehead atoms. The molecule has 1 amide bonds. The van der Waals surface area contributed by atoms with Crippen molar-refractivity contribution in [3.8, 4) is 0 Å². The van der Waals surface area contributed by atoms with Crippen LogP contribution in [0.15, 0.2) is 12.1 Å². The van der Waals surface area contributed by atoms with E-state index in [9.17, 15) is 4.79 Å². The minimum Gasteiger partial charge on any atom is -0.334 e. The van der Waals surface area contributed by atoms with Crippen LogP contribution in [0.1, 0.15) is 21.5 Å². The largest absolute Gasteiger partial charge is 0.334 e. The minimum absolute atomic E-state index is 0.208. The quantitative estimate of drug-likeness (QED) is 0.637. The molecular weight excluding hydrogens is 170 g/mol. The Kier molecular flexibility index (Phi) is 1.89. The summed E-state index contributed by atoms with van der Waals surface area (Å²) >= 11 is 1.62. The maximum absolute atomic E-state index is 11.5. The predicted molar refractivity (Wildman–Crippen MR) is 49.6 cm³/mol. The van der Waals surface area contributed by atoms with Gasteiger partial charge in [0.15, 0.2) is 0 Å². The molecule has 0 spiro atoms. The maximum atomic E-state index is 11.5. The Morgan fingerprint density at radius 1 is 1.58 bits per heavy atom. The molecule has 2 heterocycles. The summed E-state index contributed by atoms with van der Waals surface area (Å²) in [5, 5.41) is 0. The highest BCUT2D eigenvalue weighted by molar-refractivity contribution is 7.14. The Labute approximate surface area is 75.8 Å². The van der Waals surface area contributed by atoms with Gasteiger partial charge in [-0.15, -0.1) is 11.3 Å². The molecule has 2 rings (SSSR count). The molecule has 2 nitrogen and oxygen atoms in total. The maximum Gasteiger partial charge on any atom is 0.264 e. The number of hydrogen-bond donors (Lipinski definition) is 0. The van der Waals surface area contributed by atoms with E-state index in [0.717, 1.165) is 24.4 Å². The van der Waals surface area contributed by atoms with Gasteiger partial charge in [0, 0.05) is 18.0 Å². The van der Waals surface area contributed by atoms with Crippen molar-refractivity contribution in [2.24, 2.45) is 0 Å². The van der Waals surface area contributed by atoms with Crippen molar-refractivity contribution in [1.82, 2.24) is 4.90 Å². The van der Waals surface area contributed by atoms with E-state index >= 15 is 0 Å². The average Bonchev–Trinajstić information content (AvgIpc) is 2.82. The molecule has 0 atom stereocenters. The van der Waals surface area contributed by atoms with E-state index in [1.54, 1.807) is 11.3 Å². The molecule has 0 saturated carbocycles. The molecular formula is C9H11NOS. The van der Waals surface area contributed by atoms with Gasteiger partial charge in [-0.1, -0.05) is 6.92 Å². The van der Waals surface area contributed by atoms with Crippen molar-refractivity contribution in [3.63, 3.8) is 0 Å². The summed E-state index contributed by atoms with van der Waals surface area (Å²) in [6.45, 7) is 3.99. The second kappa shape index (κ2) is 2.90. The fourth-order valence-electron chi connectivity index (χ4n) is 1.09. The Morgan fingerprint density at radius 2 is 2.33 bits per heavy atom. The molecule has 0 N–H and O–H groups in total. The molecule has 1 aromatic heterocycles. The zero-order valence-corrected chi connectivity index (χ0v) is 7.86. The monoisotopic (exact) mass is 181 g/mol. The van der Waals surface area contributed by atoms with Gasteiger partial charge in [-0.25, -0.2) is 0 Å². The van der Waals surface area contributed by atoms with E-state index in [-0.39, 0.29) is 5.91 Å². The molecule has 12 heavy (non-hydrogen) atoms. The van der Waals surface area contributed by atoms with E-state index in [2.05, 4.69) is 6.92 Å². The van der Waals surface area contributed by atoms with Crippen LogP contribution in [0.2, 0.25) is 0 Å². The molecule has 0 unspecified atom stereocenters. The fraction of sp³-hybridized carbons (Fsp3) is 0.444. The molecule has 64 valence electrons. The number of thiophene rings is 1. The van der Waals surface area contributed by atoms with Gasteiger partial charge in [0.1, 0.15) is 0 Å². The van der Waals surface area contributed by atoms with Crippen LogP contribution in [-0.2, 0) is 6.42 Å². The van der Waals surface area contributed by atoms with Crippen molar-refractivity contribution in [3.05, 3.63) is 21.9 Å². The molecule has 1 saturated heterocycles. The molecule has 3 heteroatoms. The fourth-order valence-corrected chi connectivity index (χ4v) is 2.01. The van der Waals surface area contributed by atoms with E-state index in [0.29, 0.717) is 0 Å². The lowest BCUT2D eigenvalue weighted by Gasteiger charge is -1.95. The number of carbonyl (C=O) groups excluding carboxylic acids is 1. The molecule has 1 fully saturated rings. The first-order chi connectivity index (χ1) is 5.81. The minimum atomic E-state index is 0.208. The first-order valence-electron chi connectivity index (χ1n) is 4.19. The van der Waals surface area contributed by atoms with Crippen LogP contribution in [0.5, 0.6) is 0 Å².